The lowest BCUT2D eigenvalue weighted by molar-refractivity contribution is 0.719. The quantitative estimate of drug-likeness (QED) is 0.751. The lowest BCUT2D eigenvalue weighted by Gasteiger charge is -2.18. The molecular formula is C16H19N5. The van der Waals surface area contributed by atoms with Gasteiger partial charge in [-0.15, -0.1) is 0 Å². The van der Waals surface area contributed by atoms with Gasteiger partial charge in [0, 0.05) is 25.0 Å². The number of hydrogen-bond donors (Lipinski definition) is 2. The van der Waals surface area contributed by atoms with Crippen molar-refractivity contribution in [1.82, 2.24) is 14.6 Å². The lowest BCUT2D eigenvalue weighted by atomic mass is 10.1. The highest BCUT2D eigenvalue weighted by Gasteiger charge is 2.11. The van der Waals surface area contributed by atoms with Gasteiger partial charge in [-0.1, -0.05) is 30.3 Å². The molecule has 5 nitrogen and oxygen atoms in total. The molecule has 0 saturated carbocycles. The molecule has 5 heteroatoms. The molecule has 0 aliphatic heterocycles. The minimum absolute atomic E-state index is 0.140. The van der Waals surface area contributed by atoms with E-state index in [1.54, 1.807) is 6.20 Å². The first-order chi connectivity index (χ1) is 10.3. The van der Waals surface area contributed by atoms with Crippen molar-refractivity contribution in [3.63, 3.8) is 0 Å². The molecule has 0 saturated heterocycles. The van der Waals surface area contributed by atoms with Gasteiger partial charge >= 0.3 is 0 Å². The molecule has 3 aromatic rings. The lowest BCUT2D eigenvalue weighted by Crippen LogP contribution is -2.31. The molecule has 3 N–H and O–H groups in total. The van der Waals surface area contributed by atoms with E-state index in [-0.39, 0.29) is 6.04 Å². The first-order valence-electron chi connectivity index (χ1n) is 7.08. The van der Waals surface area contributed by atoms with Crippen molar-refractivity contribution >= 4 is 11.3 Å². The molecule has 1 aromatic carbocycles. The van der Waals surface area contributed by atoms with E-state index in [9.17, 15) is 0 Å². The Morgan fingerprint density at radius 2 is 2.10 bits per heavy atom. The van der Waals surface area contributed by atoms with Crippen LogP contribution in [-0.4, -0.2) is 27.2 Å². The van der Waals surface area contributed by atoms with Gasteiger partial charge in [0.05, 0.1) is 5.69 Å². The maximum Gasteiger partial charge on any atom is 0.152 e. The minimum Gasteiger partial charge on any atom is -0.364 e. The van der Waals surface area contributed by atoms with Crippen LogP contribution in [-0.2, 0) is 6.42 Å². The van der Waals surface area contributed by atoms with Crippen molar-refractivity contribution in [3.05, 3.63) is 60.0 Å². The zero-order valence-corrected chi connectivity index (χ0v) is 12.0. The predicted octanol–water partition coefficient (Wildman–Crippen LogP) is 2.02. The van der Waals surface area contributed by atoms with Gasteiger partial charge in [-0.3, -0.25) is 0 Å². The Morgan fingerprint density at radius 3 is 2.86 bits per heavy atom. The summed E-state index contributed by atoms with van der Waals surface area (Å²) in [5.41, 5.74) is 9.11. The van der Waals surface area contributed by atoms with Crippen molar-refractivity contribution in [2.75, 3.05) is 11.9 Å². The van der Waals surface area contributed by atoms with Crippen LogP contribution in [0.2, 0.25) is 0 Å². The first-order valence-corrected chi connectivity index (χ1v) is 7.08. The van der Waals surface area contributed by atoms with Gasteiger partial charge < -0.3 is 11.1 Å². The number of benzene rings is 1. The summed E-state index contributed by atoms with van der Waals surface area (Å²) in [6, 6.07) is 12.5. The zero-order chi connectivity index (χ0) is 14.7. The number of hydrogen-bond acceptors (Lipinski definition) is 4. The minimum atomic E-state index is 0.140. The second-order valence-electron chi connectivity index (χ2n) is 5.16. The Kier molecular flexibility index (Phi) is 3.83. The van der Waals surface area contributed by atoms with Gasteiger partial charge in [-0.25, -0.2) is 9.50 Å². The smallest absolute Gasteiger partial charge is 0.152 e. The molecule has 0 radical (unpaired) electrons. The fraction of sp³-hybridized carbons (Fsp3) is 0.250. The van der Waals surface area contributed by atoms with Gasteiger partial charge in [0.1, 0.15) is 5.52 Å². The summed E-state index contributed by atoms with van der Waals surface area (Å²) < 4.78 is 1.83. The molecule has 0 aliphatic carbocycles. The van der Waals surface area contributed by atoms with Crippen LogP contribution in [0.15, 0.2) is 48.8 Å². The van der Waals surface area contributed by atoms with E-state index in [0.717, 1.165) is 23.4 Å². The molecule has 2 aromatic heterocycles. The molecular weight excluding hydrogens is 262 g/mol. The molecule has 0 fully saturated rings. The summed E-state index contributed by atoms with van der Waals surface area (Å²) in [5, 5.41) is 7.83. The fourth-order valence-corrected chi connectivity index (χ4v) is 2.44. The van der Waals surface area contributed by atoms with Crippen LogP contribution < -0.4 is 11.1 Å². The van der Waals surface area contributed by atoms with Crippen LogP contribution >= 0.6 is 0 Å². The Hall–Kier alpha value is -2.40. The molecule has 1 unspecified atom stereocenters. The SMILES string of the molecule is Cc1cc2c(NC(CN)Cc3ccccc3)nccn2n1. The van der Waals surface area contributed by atoms with E-state index in [4.69, 9.17) is 5.73 Å². The van der Waals surface area contributed by atoms with Crippen LogP contribution in [0.4, 0.5) is 5.82 Å². The molecule has 1 atom stereocenters. The summed E-state index contributed by atoms with van der Waals surface area (Å²) in [4.78, 5) is 4.42. The van der Waals surface area contributed by atoms with Crippen molar-refractivity contribution in [3.8, 4) is 0 Å². The topological polar surface area (TPSA) is 68.2 Å². The van der Waals surface area contributed by atoms with E-state index in [1.165, 1.54) is 5.56 Å². The normalized spacial score (nSPS) is 12.5. The largest absolute Gasteiger partial charge is 0.364 e. The van der Waals surface area contributed by atoms with Gasteiger partial charge in [0.25, 0.3) is 0 Å². The number of nitrogens with zero attached hydrogens (tertiary/aromatic N) is 3. The first kappa shape index (κ1) is 13.6. The molecule has 0 spiro atoms. The Morgan fingerprint density at radius 1 is 1.29 bits per heavy atom. The van der Waals surface area contributed by atoms with Gasteiger partial charge in [-0.05, 0) is 25.0 Å². The Balaban J connectivity index is 1.82. The highest BCUT2D eigenvalue weighted by Crippen LogP contribution is 2.16. The van der Waals surface area contributed by atoms with E-state index in [2.05, 4.69) is 27.5 Å². The standard InChI is InChI=1S/C16H19N5/c1-12-9-15-16(18-7-8-21(15)20-12)19-14(11-17)10-13-5-3-2-4-6-13/h2-9,14H,10-11,17H2,1H3,(H,18,19). The van der Waals surface area contributed by atoms with E-state index in [1.807, 2.05) is 41.9 Å². The third-order valence-corrected chi connectivity index (χ3v) is 3.46. The summed E-state index contributed by atoms with van der Waals surface area (Å²) in [5.74, 6) is 0.824. The predicted molar refractivity (Wildman–Crippen MR) is 84.3 cm³/mol. The third kappa shape index (κ3) is 3.03. The number of aromatic nitrogens is 3. The average molecular weight is 281 g/mol. The van der Waals surface area contributed by atoms with E-state index < -0.39 is 0 Å². The summed E-state index contributed by atoms with van der Waals surface area (Å²) >= 11 is 0. The van der Waals surface area contributed by atoms with Gasteiger partial charge in [0.15, 0.2) is 5.82 Å². The number of fused-ring (bicyclic) bond motifs is 1. The molecule has 0 aliphatic rings. The summed E-state index contributed by atoms with van der Waals surface area (Å²) in [6.07, 6.45) is 4.47. The van der Waals surface area contributed by atoms with Gasteiger partial charge in [-0.2, -0.15) is 5.10 Å². The zero-order valence-electron chi connectivity index (χ0n) is 12.0. The maximum absolute atomic E-state index is 5.91. The van der Waals surface area contributed by atoms with Crippen molar-refractivity contribution < 1.29 is 0 Å². The van der Waals surface area contributed by atoms with Crippen LogP contribution in [0, 0.1) is 6.92 Å². The highest BCUT2D eigenvalue weighted by atomic mass is 15.2. The van der Waals surface area contributed by atoms with Crippen LogP contribution in [0.3, 0.4) is 0 Å². The number of anilines is 1. The summed E-state index contributed by atoms with van der Waals surface area (Å²) in [7, 11) is 0. The average Bonchev–Trinajstić information content (AvgIpc) is 2.89. The second kappa shape index (κ2) is 5.93. The number of aryl methyl sites for hydroxylation is 1. The van der Waals surface area contributed by atoms with Crippen LogP contribution in [0.5, 0.6) is 0 Å². The number of nitrogens with two attached hydrogens (primary N) is 1. The Bertz CT molecular complexity index is 720. The molecule has 2 heterocycles. The molecule has 108 valence electrons. The van der Waals surface area contributed by atoms with Crippen molar-refractivity contribution in [2.45, 2.75) is 19.4 Å². The van der Waals surface area contributed by atoms with Crippen molar-refractivity contribution in [1.29, 1.82) is 0 Å². The van der Waals surface area contributed by atoms with E-state index in [0.29, 0.717) is 6.54 Å². The third-order valence-electron chi connectivity index (χ3n) is 3.46. The highest BCUT2D eigenvalue weighted by molar-refractivity contribution is 5.68. The number of nitrogens with one attached hydrogen (secondary N) is 1. The fourth-order valence-electron chi connectivity index (χ4n) is 2.44. The maximum atomic E-state index is 5.91. The second-order valence-corrected chi connectivity index (χ2v) is 5.16. The molecule has 21 heavy (non-hydrogen) atoms. The molecule has 0 amide bonds. The number of rotatable bonds is 5. The monoisotopic (exact) mass is 281 g/mol. The van der Waals surface area contributed by atoms with Crippen LogP contribution in [0.25, 0.3) is 5.52 Å². The van der Waals surface area contributed by atoms with Crippen molar-refractivity contribution in [2.24, 2.45) is 5.73 Å². The summed E-state index contributed by atoms with van der Waals surface area (Å²) in [6.45, 7) is 2.52. The molecule has 0 bridgehead atoms. The Labute approximate surface area is 123 Å². The van der Waals surface area contributed by atoms with Gasteiger partial charge in [0.2, 0.25) is 0 Å². The van der Waals surface area contributed by atoms with E-state index >= 15 is 0 Å². The molecule has 3 rings (SSSR count). The van der Waals surface area contributed by atoms with Crippen LogP contribution in [0.1, 0.15) is 11.3 Å².